The molecule has 1 aromatic rings. The fourth-order valence-corrected chi connectivity index (χ4v) is 3.41. The largest absolute Gasteiger partial charge is 0.497 e. The van der Waals surface area contributed by atoms with Gasteiger partial charge in [0.15, 0.2) is 5.17 Å². The van der Waals surface area contributed by atoms with Crippen LogP contribution in [0.2, 0.25) is 0 Å². The Hall–Kier alpha value is -2.45. The van der Waals surface area contributed by atoms with Crippen LogP contribution in [-0.2, 0) is 0 Å². The summed E-state index contributed by atoms with van der Waals surface area (Å²) in [5.41, 5.74) is -5.86. The van der Waals surface area contributed by atoms with Gasteiger partial charge in [-0.2, -0.15) is 39.5 Å². The third-order valence-corrected chi connectivity index (χ3v) is 4.68. The Bertz CT molecular complexity index is 888. The first kappa shape index (κ1) is 23.8. The molecule has 0 saturated carbocycles. The molecule has 0 bridgehead atoms. The zero-order chi connectivity index (χ0) is 23.1. The van der Waals surface area contributed by atoms with E-state index in [0.29, 0.717) is 0 Å². The second kappa shape index (κ2) is 7.67. The topological polar surface area (TPSA) is 50.7 Å². The van der Waals surface area contributed by atoms with Gasteiger partial charge in [0.1, 0.15) is 5.75 Å². The maximum absolute atomic E-state index is 13.6. The van der Waals surface area contributed by atoms with Gasteiger partial charge in [-0.25, -0.2) is 9.38 Å². The summed E-state index contributed by atoms with van der Waals surface area (Å²) in [6.45, 7) is 0. The normalized spacial score (nSPS) is 18.7. The van der Waals surface area contributed by atoms with Crippen molar-refractivity contribution in [3.8, 4) is 5.75 Å². The molecule has 1 amide bonds. The summed E-state index contributed by atoms with van der Waals surface area (Å²) in [6, 6.07) is 4.74. The third kappa shape index (κ3) is 4.20. The Labute approximate surface area is 165 Å². The number of nitrogens with one attached hydrogen (secondary N) is 1. The highest BCUT2D eigenvalue weighted by Gasteiger charge is 2.77. The van der Waals surface area contributed by atoms with Gasteiger partial charge in [0.05, 0.1) is 12.0 Å². The first-order valence-electron chi connectivity index (χ1n) is 7.38. The second-order valence-corrected chi connectivity index (χ2v) is 6.55. The maximum Gasteiger partial charge on any atom is 0.443 e. The molecule has 0 saturated heterocycles. The van der Waals surface area contributed by atoms with Crippen molar-refractivity contribution in [1.82, 2.24) is 5.32 Å². The van der Waals surface area contributed by atoms with E-state index in [0.717, 1.165) is 12.1 Å². The molecular weight excluding hydrogens is 462 g/mol. The number of hydrogen-bond donors (Lipinski definition) is 1. The van der Waals surface area contributed by atoms with Gasteiger partial charge < -0.3 is 10.1 Å². The molecule has 0 fully saturated rings. The summed E-state index contributed by atoms with van der Waals surface area (Å²) in [6.07, 6.45) is -19.2. The molecule has 15 heteroatoms. The monoisotopic (exact) mass is 470 g/mol. The van der Waals surface area contributed by atoms with E-state index in [4.69, 9.17) is 4.74 Å². The lowest BCUT2D eigenvalue weighted by atomic mass is 9.97. The molecule has 1 aliphatic rings. The van der Waals surface area contributed by atoms with Crippen molar-refractivity contribution in [1.29, 1.82) is 0 Å². The number of ether oxygens (including phenoxy) is 1. The Balaban J connectivity index is 2.59. The minimum absolute atomic E-state index is 0.0901. The van der Waals surface area contributed by atoms with E-state index >= 15 is 0 Å². The number of thioether (sulfide) groups is 1. The van der Waals surface area contributed by atoms with Gasteiger partial charge in [0.25, 0.3) is 11.4 Å². The summed E-state index contributed by atoms with van der Waals surface area (Å²) in [4.78, 5) is 11.6. The molecule has 0 atom stereocenters. The summed E-state index contributed by atoms with van der Waals surface area (Å²) in [5.74, 6) is -4.85. The molecule has 0 aliphatic carbocycles. The van der Waals surface area contributed by atoms with E-state index in [1.165, 1.54) is 24.6 Å². The van der Waals surface area contributed by atoms with Crippen molar-refractivity contribution in [2.75, 3.05) is 7.11 Å². The van der Waals surface area contributed by atoms with Crippen molar-refractivity contribution in [2.24, 2.45) is 4.99 Å². The highest BCUT2D eigenvalue weighted by molar-refractivity contribution is 8.17. The standard InChI is InChI=1S/C15H8F10N2O2S/c1-29-7-4-2-3-6(5-7)10(28)26-11-27-12(14(20,21)22,15(23,24)25)9(30-11)8(16)13(17,18)19/h2-5H,1H3,(H,26,27,28). The second-order valence-electron chi connectivity index (χ2n) is 5.55. The molecule has 0 spiro atoms. The molecule has 4 nitrogen and oxygen atoms in total. The Kier molecular flexibility index (Phi) is 6.09. The lowest BCUT2D eigenvalue weighted by Gasteiger charge is -2.31. The van der Waals surface area contributed by atoms with Crippen LogP contribution < -0.4 is 10.1 Å². The van der Waals surface area contributed by atoms with Gasteiger partial charge in [-0.05, 0) is 18.2 Å². The molecule has 1 aliphatic heterocycles. The van der Waals surface area contributed by atoms with Crippen LogP contribution >= 0.6 is 11.8 Å². The average molecular weight is 470 g/mol. The highest BCUT2D eigenvalue weighted by atomic mass is 32.2. The highest BCUT2D eigenvalue weighted by Crippen LogP contribution is 2.59. The van der Waals surface area contributed by atoms with Crippen LogP contribution in [0.15, 0.2) is 40.0 Å². The lowest BCUT2D eigenvalue weighted by molar-refractivity contribution is -0.280. The Morgan fingerprint density at radius 1 is 1.07 bits per heavy atom. The zero-order valence-electron chi connectivity index (χ0n) is 14.3. The van der Waals surface area contributed by atoms with Crippen LogP contribution in [0, 0.1) is 0 Å². The number of allylic oxidation sites excluding steroid dienone is 1. The summed E-state index contributed by atoms with van der Waals surface area (Å²) < 4.78 is 136. The molecule has 30 heavy (non-hydrogen) atoms. The minimum atomic E-state index is -6.50. The fourth-order valence-electron chi connectivity index (χ4n) is 2.26. The number of hydrogen-bond acceptors (Lipinski definition) is 4. The van der Waals surface area contributed by atoms with Gasteiger partial charge in [-0.1, -0.05) is 17.8 Å². The molecule has 1 N–H and O–H groups in total. The van der Waals surface area contributed by atoms with E-state index in [-0.39, 0.29) is 11.3 Å². The fraction of sp³-hybridized carbons (Fsp3) is 0.333. The molecule has 0 aromatic heterocycles. The van der Waals surface area contributed by atoms with E-state index in [1.807, 2.05) is 0 Å². The number of rotatable bonds is 2. The van der Waals surface area contributed by atoms with Crippen LogP contribution in [-0.4, -0.2) is 42.3 Å². The van der Waals surface area contributed by atoms with E-state index in [1.54, 1.807) is 0 Å². The maximum atomic E-state index is 13.6. The molecule has 1 aromatic carbocycles. The third-order valence-electron chi connectivity index (χ3n) is 3.62. The molecular formula is C15H8F10N2O2S. The number of methoxy groups -OCH3 is 1. The van der Waals surface area contributed by atoms with Gasteiger partial charge in [0, 0.05) is 5.56 Å². The predicted molar refractivity (Wildman–Crippen MR) is 84.5 cm³/mol. The SMILES string of the molecule is COc1cccc(C(=O)NC2=NC(C(F)(F)F)(C(F)(F)F)C(=C(F)C(F)(F)F)S2)c1. The lowest BCUT2D eigenvalue weighted by Crippen LogP contribution is -2.55. The molecule has 2 rings (SSSR count). The van der Waals surface area contributed by atoms with Crippen molar-refractivity contribution in [2.45, 2.75) is 24.1 Å². The number of amidine groups is 1. The first-order chi connectivity index (χ1) is 13.5. The van der Waals surface area contributed by atoms with Crippen LogP contribution in [0.1, 0.15) is 10.4 Å². The van der Waals surface area contributed by atoms with Gasteiger partial charge in [0.2, 0.25) is 5.83 Å². The summed E-state index contributed by atoms with van der Waals surface area (Å²) in [5, 5.41) is 0.0106. The minimum Gasteiger partial charge on any atom is -0.497 e. The van der Waals surface area contributed by atoms with E-state index < -0.39 is 57.6 Å². The van der Waals surface area contributed by atoms with Crippen LogP contribution in [0.4, 0.5) is 43.9 Å². The molecule has 0 unspecified atom stereocenters. The summed E-state index contributed by atoms with van der Waals surface area (Å²) in [7, 11) is 1.20. The number of carbonyl (C=O) groups is 1. The van der Waals surface area contributed by atoms with Crippen LogP contribution in [0.5, 0.6) is 5.75 Å². The predicted octanol–water partition coefficient (Wildman–Crippen LogP) is 5.13. The Morgan fingerprint density at radius 3 is 2.10 bits per heavy atom. The van der Waals surface area contributed by atoms with Crippen molar-refractivity contribution in [3.63, 3.8) is 0 Å². The van der Waals surface area contributed by atoms with Crippen molar-refractivity contribution < 1.29 is 53.4 Å². The quantitative estimate of drug-likeness (QED) is 0.610. The van der Waals surface area contributed by atoms with Crippen molar-refractivity contribution >= 4 is 22.8 Å². The number of aliphatic imine (C=N–C) groups is 1. The van der Waals surface area contributed by atoms with Crippen LogP contribution in [0.25, 0.3) is 0 Å². The zero-order valence-corrected chi connectivity index (χ0v) is 15.1. The van der Waals surface area contributed by atoms with Crippen LogP contribution in [0.3, 0.4) is 0 Å². The van der Waals surface area contributed by atoms with E-state index in [9.17, 15) is 48.7 Å². The van der Waals surface area contributed by atoms with Gasteiger partial charge in [-0.3, -0.25) is 4.79 Å². The smallest absolute Gasteiger partial charge is 0.443 e. The first-order valence-corrected chi connectivity index (χ1v) is 8.20. The average Bonchev–Trinajstić information content (AvgIpc) is 3.00. The molecule has 0 radical (unpaired) electrons. The Morgan fingerprint density at radius 2 is 1.63 bits per heavy atom. The number of alkyl halides is 9. The van der Waals surface area contributed by atoms with Gasteiger partial charge in [-0.15, -0.1) is 0 Å². The number of amides is 1. The number of carbonyl (C=O) groups excluding carboxylic acids is 1. The van der Waals surface area contributed by atoms with Gasteiger partial charge >= 0.3 is 18.5 Å². The van der Waals surface area contributed by atoms with E-state index in [2.05, 4.69) is 4.99 Å². The number of halogens is 10. The summed E-state index contributed by atoms with van der Waals surface area (Å²) >= 11 is -0.929. The molecule has 166 valence electrons. The van der Waals surface area contributed by atoms with Crippen molar-refractivity contribution in [3.05, 3.63) is 40.6 Å². The number of nitrogens with zero attached hydrogens (tertiary/aromatic N) is 1. The molecule has 1 heterocycles. The number of benzene rings is 1.